The number of fused-ring (bicyclic) bond motifs is 1. The standard InChI is InChI=1S/C9H7N3O/c1-2-5-12-6-11-8-7(9(12)13)3-4-10-8/h1,3-4,6,10H,5H2. The van der Waals surface area contributed by atoms with Crippen LogP contribution in [0.2, 0.25) is 0 Å². The molecule has 0 radical (unpaired) electrons. The zero-order valence-corrected chi connectivity index (χ0v) is 6.82. The van der Waals surface area contributed by atoms with Crippen molar-refractivity contribution in [3.8, 4) is 12.3 Å². The minimum absolute atomic E-state index is 0.107. The summed E-state index contributed by atoms with van der Waals surface area (Å²) in [5, 5.41) is 0.567. The number of aromatic amines is 1. The highest BCUT2D eigenvalue weighted by atomic mass is 16.1. The van der Waals surface area contributed by atoms with Gasteiger partial charge in [-0.05, 0) is 6.07 Å². The van der Waals surface area contributed by atoms with Crippen LogP contribution in [0.3, 0.4) is 0 Å². The molecule has 1 N–H and O–H groups in total. The van der Waals surface area contributed by atoms with Crippen molar-refractivity contribution in [1.29, 1.82) is 0 Å². The lowest BCUT2D eigenvalue weighted by atomic mass is 10.4. The van der Waals surface area contributed by atoms with E-state index >= 15 is 0 Å². The fraction of sp³-hybridized carbons (Fsp3) is 0.111. The third-order valence-electron chi connectivity index (χ3n) is 1.80. The summed E-state index contributed by atoms with van der Waals surface area (Å²) in [5.74, 6) is 2.39. The molecule has 0 unspecified atom stereocenters. The van der Waals surface area contributed by atoms with Crippen LogP contribution in [0.15, 0.2) is 23.4 Å². The highest BCUT2D eigenvalue weighted by Gasteiger charge is 2.02. The Labute approximate surface area is 74.2 Å². The Balaban J connectivity index is 2.75. The van der Waals surface area contributed by atoms with E-state index in [2.05, 4.69) is 15.9 Å². The number of hydrogen-bond acceptors (Lipinski definition) is 2. The van der Waals surface area contributed by atoms with E-state index < -0.39 is 0 Å². The number of rotatable bonds is 1. The first kappa shape index (κ1) is 7.62. The molecule has 0 amide bonds. The van der Waals surface area contributed by atoms with Crippen molar-refractivity contribution in [3.05, 3.63) is 28.9 Å². The Morgan fingerprint density at radius 3 is 3.31 bits per heavy atom. The van der Waals surface area contributed by atoms with Gasteiger partial charge in [0.15, 0.2) is 0 Å². The van der Waals surface area contributed by atoms with E-state index in [1.54, 1.807) is 12.3 Å². The first-order valence-electron chi connectivity index (χ1n) is 3.79. The largest absolute Gasteiger partial charge is 0.346 e. The van der Waals surface area contributed by atoms with E-state index in [1.165, 1.54) is 10.9 Å². The number of nitrogens with one attached hydrogen (secondary N) is 1. The molecule has 0 spiro atoms. The molecule has 0 aliphatic heterocycles. The normalized spacial score (nSPS) is 10.1. The third-order valence-corrected chi connectivity index (χ3v) is 1.80. The van der Waals surface area contributed by atoms with Crippen LogP contribution in [0.25, 0.3) is 11.0 Å². The smallest absolute Gasteiger partial charge is 0.263 e. The number of hydrogen-bond donors (Lipinski definition) is 1. The molecule has 0 saturated heterocycles. The Kier molecular flexibility index (Phi) is 1.64. The van der Waals surface area contributed by atoms with Gasteiger partial charge in [-0.2, -0.15) is 0 Å². The monoisotopic (exact) mass is 173 g/mol. The first-order chi connectivity index (χ1) is 6.33. The van der Waals surface area contributed by atoms with Crippen molar-refractivity contribution in [2.75, 3.05) is 0 Å². The zero-order chi connectivity index (χ0) is 9.26. The maximum atomic E-state index is 11.6. The fourth-order valence-electron chi connectivity index (χ4n) is 1.19. The second-order valence-electron chi connectivity index (χ2n) is 2.62. The predicted molar refractivity (Wildman–Crippen MR) is 49.2 cm³/mol. The topological polar surface area (TPSA) is 50.7 Å². The minimum Gasteiger partial charge on any atom is -0.346 e. The van der Waals surface area contributed by atoms with Gasteiger partial charge >= 0.3 is 0 Å². The summed E-state index contributed by atoms with van der Waals surface area (Å²) in [7, 11) is 0. The molecule has 0 aliphatic carbocycles. The van der Waals surface area contributed by atoms with Gasteiger partial charge in [-0.1, -0.05) is 5.92 Å². The lowest BCUT2D eigenvalue weighted by Crippen LogP contribution is -2.19. The molecule has 64 valence electrons. The van der Waals surface area contributed by atoms with Gasteiger partial charge in [0.1, 0.15) is 12.0 Å². The molecule has 2 aromatic heterocycles. The highest BCUT2D eigenvalue weighted by Crippen LogP contribution is 2.01. The van der Waals surface area contributed by atoms with E-state index in [0.717, 1.165) is 0 Å². The van der Waals surface area contributed by atoms with Crippen molar-refractivity contribution in [2.24, 2.45) is 0 Å². The number of aromatic nitrogens is 3. The summed E-state index contributed by atoms with van der Waals surface area (Å²) >= 11 is 0. The highest BCUT2D eigenvalue weighted by molar-refractivity contribution is 5.73. The van der Waals surface area contributed by atoms with Gasteiger partial charge in [0.05, 0.1) is 11.9 Å². The van der Waals surface area contributed by atoms with Gasteiger partial charge in [-0.15, -0.1) is 6.42 Å². The van der Waals surface area contributed by atoms with Crippen molar-refractivity contribution >= 4 is 11.0 Å². The molecular formula is C9H7N3O. The van der Waals surface area contributed by atoms with Crippen LogP contribution in [-0.4, -0.2) is 14.5 Å². The Morgan fingerprint density at radius 2 is 2.54 bits per heavy atom. The van der Waals surface area contributed by atoms with Crippen molar-refractivity contribution in [2.45, 2.75) is 6.54 Å². The van der Waals surface area contributed by atoms with Gasteiger partial charge in [0.25, 0.3) is 5.56 Å². The lowest BCUT2D eigenvalue weighted by Gasteiger charge is -1.98. The lowest BCUT2D eigenvalue weighted by molar-refractivity contribution is 0.782. The molecule has 2 heterocycles. The van der Waals surface area contributed by atoms with E-state index in [1.807, 2.05) is 0 Å². The molecule has 0 bridgehead atoms. The van der Waals surface area contributed by atoms with Crippen molar-refractivity contribution in [1.82, 2.24) is 14.5 Å². The van der Waals surface area contributed by atoms with Gasteiger partial charge in [-0.3, -0.25) is 9.36 Å². The molecule has 4 heteroatoms. The van der Waals surface area contributed by atoms with Crippen LogP contribution >= 0.6 is 0 Å². The molecule has 0 saturated carbocycles. The van der Waals surface area contributed by atoms with E-state index in [9.17, 15) is 4.79 Å². The van der Waals surface area contributed by atoms with Gasteiger partial charge in [0.2, 0.25) is 0 Å². The molecular weight excluding hydrogens is 166 g/mol. The second kappa shape index (κ2) is 2.79. The molecule has 0 fully saturated rings. The minimum atomic E-state index is -0.107. The van der Waals surface area contributed by atoms with Gasteiger partial charge < -0.3 is 4.98 Å². The molecule has 0 atom stereocenters. The molecule has 0 aromatic carbocycles. The van der Waals surface area contributed by atoms with Crippen LogP contribution in [0, 0.1) is 12.3 Å². The quantitative estimate of drug-likeness (QED) is 0.633. The summed E-state index contributed by atoms with van der Waals surface area (Å²) < 4.78 is 1.40. The summed E-state index contributed by atoms with van der Waals surface area (Å²) in [6.45, 7) is 0.257. The van der Waals surface area contributed by atoms with E-state index in [-0.39, 0.29) is 12.1 Å². The van der Waals surface area contributed by atoms with E-state index in [0.29, 0.717) is 11.0 Å². The molecule has 2 rings (SSSR count). The van der Waals surface area contributed by atoms with Crippen LogP contribution < -0.4 is 5.56 Å². The average molecular weight is 173 g/mol. The summed E-state index contributed by atoms with van der Waals surface area (Å²) in [4.78, 5) is 18.5. The maximum Gasteiger partial charge on any atom is 0.263 e. The maximum absolute atomic E-state index is 11.6. The van der Waals surface area contributed by atoms with Gasteiger partial charge in [-0.25, -0.2) is 4.98 Å². The second-order valence-corrected chi connectivity index (χ2v) is 2.62. The van der Waals surface area contributed by atoms with Crippen LogP contribution in [0.1, 0.15) is 0 Å². The number of H-pyrrole nitrogens is 1. The van der Waals surface area contributed by atoms with Crippen molar-refractivity contribution < 1.29 is 0 Å². The SMILES string of the molecule is C#CCn1cnc2[nH]ccc2c1=O. The fourth-order valence-corrected chi connectivity index (χ4v) is 1.19. The first-order valence-corrected chi connectivity index (χ1v) is 3.79. The molecule has 0 aliphatic rings. The predicted octanol–water partition coefficient (Wildman–Crippen LogP) is 0.358. The summed E-state index contributed by atoms with van der Waals surface area (Å²) in [6, 6.07) is 1.69. The average Bonchev–Trinajstić information content (AvgIpc) is 2.58. The van der Waals surface area contributed by atoms with Crippen LogP contribution in [0.5, 0.6) is 0 Å². The zero-order valence-electron chi connectivity index (χ0n) is 6.82. The molecule has 13 heavy (non-hydrogen) atoms. The Morgan fingerprint density at radius 1 is 1.69 bits per heavy atom. The number of terminal acetylenes is 1. The van der Waals surface area contributed by atoms with Crippen molar-refractivity contribution in [3.63, 3.8) is 0 Å². The summed E-state index contributed by atoms with van der Waals surface area (Å²) in [6.07, 6.45) is 8.23. The van der Waals surface area contributed by atoms with Gasteiger partial charge in [0, 0.05) is 6.20 Å². The Hall–Kier alpha value is -2.02. The van der Waals surface area contributed by atoms with Crippen LogP contribution in [-0.2, 0) is 6.54 Å². The van der Waals surface area contributed by atoms with Crippen LogP contribution in [0.4, 0.5) is 0 Å². The molecule has 2 aromatic rings. The third kappa shape index (κ3) is 1.11. The summed E-state index contributed by atoms with van der Waals surface area (Å²) in [5.41, 5.74) is 0.488. The van der Waals surface area contributed by atoms with E-state index in [4.69, 9.17) is 6.42 Å². The number of nitrogens with zero attached hydrogens (tertiary/aromatic N) is 2. The Bertz CT molecular complexity index is 530. The molecule has 4 nitrogen and oxygen atoms in total.